The van der Waals surface area contributed by atoms with Gasteiger partial charge in [0.15, 0.2) is 0 Å². The normalized spacial score (nSPS) is 23.7. The maximum atomic E-state index is 12.9. The SMILES string of the molecule is COc1ccc(CN(C(=O)C2CCCC(N)C2)C2CC2)cc1.Cl. The van der Waals surface area contributed by atoms with E-state index in [-0.39, 0.29) is 24.4 Å². The van der Waals surface area contributed by atoms with Crippen LogP contribution in [-0.2, 0) is 11.3 Å². The van der Waals surface area contributed by atoms with E-state index >= 15 is 0 Å². The van der Waals surface area contributed by atoms with Gasteiger partial charge < -0.3 is 15.4 Å². The molecule has 0 aromatic heterocycles. The summed E-state index contributed by atoms with van der Waals surface area (Å²) in [6.07, 6.45) is 6.27. The van der Waals surface area contributed by atoms with Crippen LogP contribution in [0.25, 0.3) is 0 Å². The second kappa shape index (κ2) is 8.02. The molecule has 5 heteroatoms. The molecule has 2 aliphatic carbocycles. The van der Waals surface area contributed by atoms with Crippen LogP contribution in [0.1, 0.15) is 44.1 Å². The van der Waals surface area contributed by atoms with E-state index in [1.54, 1.807) is 7.11 Å². The number of hydrogen-bond acceptors (Lipinski definition) is 3. The maximum Gasteiger partial charge on any atom is 0.226 e. The molecule has 0 bridgehead atoms. The van der Waals surface area contributed by atoms with Crippen molar-refractivity contribution in [1.82, 2.24) is 4.90 Å². The van der Waals surface area contributed by atoms with Gasteiger partial charge in [-0.15, -0.1) is 12.4 Å². The first-order valence-corrected chi connectivity index (χ1v) is 8.36. The fourth-order valence-electron chi connectivity index (χ4n) is 3.39. The van der Waals surface area contributed by atoms with Gasteiger partial charge in [0.05, 0.1) is 7.11 Å². The minimum Gasteiger partial charge on any atom is -0.497 e. The lowest BCUT2D eigenvalue weighted by Gasteiger charge is -2.31. The number of halogens is 1. The summed E-state index contributed by atoms with van der Waals surface area (Å²) >= 11 is 0. The third-order valence-corrected chi connectivity index (χ3v) is 4.85. The van der Waals surface area contributed by atoms with Crippen molar-refractivity contribution in [2.24, 2.45) is 11.7 Å². The summed E-state index contributed by atoms with van der Waals surface area (Å²) in [5, 5.41) is 0. The first kappa shape index (κ1) is 18.1. The van der Waals surface area contributed by atoms with E-state index in [2.05, 4.69) is 4.90 Å². The summed E-state index contributed by atoms with van der Waals surface area (Å²) in [4.78, 5) is 15.0. The van der Waals surface area contributed by atoms with Crippen LogP contribution in [0.3, 0.4) is 0 Å². The minimum absolute atomic E-state index is 0. The van der Waals surface area contributed by atoms with Crippen LogP contribution >= 0.6 is 12.4 Å². The number of carbonyl (C=O) groups is 1. The van der Waals surface area contributed by atoms with Gasteiger partial charge in [0, 0.05) is 24.5 Å². The van der Waals surface area contributed by atoms with Crippen LogP contribution in [0.15, 0.2) is 24.3 Å². The molecule has 0 saturated heterocycles. The van der Waals surface area contributed by atoms with Gasteiger partial charge in [0.1, 0.15) is 5.75 Å². The van der Waals surface area contributed by atoms with Crippen LogP contribution in [-0.4, -0.2) is 30.0 Å². The summed E-state index contributed by atoms with van der Waals surface area (Å²) in [5.41, 5.74) is 7.22. The van der Waals surface area contributed by atoms with Gasteiger partial charge in [0.2, 0.25) is 5.91 Å². The Kier molecular flexibility index (Phi) is 6.31. The van der Waals surface area contributed by atoms with Crippen LogP contribution < -0.4 is 10.5 Å². The molecule has 1 aromatic rings. The number of methoxy groups -OCH3 is 1. The van der Waals surface area contributed by atoms with Gasteiger partial charge in [-0.1, -0.05) is 18.6 Å². The zero-order valence-corrected chi connectivity index (χ0v) is 14.6. The van der Waals surface area contributed by atoms with E-state index in [9.17, 15) is 4.79 Å². The highest BCUT2D eigenvalue weighted by molar-refractivity contribution is 5.85. The molecule has 2 fully saturated rings. The van der Waals surface area contributed by atoms with Gasteiger partial charge in [-0.3, -0.25) is 4.79 Å². The zero-order chi connectivity index (χ0) is 15.5. The Labute approximate surface area is 144 Å². The predicted octanol–water partition coefficient (Wildman–Crippen LogP) is 3.13. The molecule has 0 spiro atoms. The highest BCUT2D eigenvalue weighted by Gasteiger charge is 2.37. The van der Waals surface area contributed by atoms with E-state index in [4.69, 9.17) is 10.5 Å². The molecule has 23 heavy (non-hydrogen) atoms. The topological polar surface area (TPSA) is 55.6 Å². The number of nitrogens with zero attached hydrogens (tertiary/aromatic N) is 1. The average molecular weight is 339 g/mol. The molecule has 4 nitrogen and oxygen atoms in total. The fraction of sp³-hybridized carbons (Fsp3) is 0.611. The molecule has 1 aromatic carbocycles. The number of benzene rings is 1. The maximum absolute atomic E-state index is 12.9. The van der Waals surface area contributed by atoms with E-state index in [0.717, 1.165) is 44.3 Å². The molecule has 2 saturated carbocycles. The van der Waals surface area contributed by atoms with Gasteiger partial charge in [-0.2, -0.15) is 0 Å². The Hall–Kier alpha value is -1.26. The van der Waals surface area contributed by atoms with Crippen molar-refractivity contribution >= 4 is 18.3 Å². The Morgan fingerprint density at radius 3 is 2.48 bits per heavy atom. The van der Waals surface area contributed by atoms with Crippen LogP contribution in [0.4, 0.5) is 0 Å². The summed E-state index contributed by atoms with van der Waals surface area (Å²) in [5.74, 6) is 1.29. The largest absolute Gasteiger partial charge is 0.497 e. The molecular weight excluding hydrogens is 312 g/mol. The van der Waals surface area contributed by atoms with Crippen molar-refractivity contribution in [2.45, 2.75) is 57.2 Å². The van der Waals surface area contributed by atoms with E-state index in [0.29, 0.717) is 18.5 Å². The number of nitrogens with two attached hydrogens (primary N) is 1. The van der Waals surface area contributed by atoms with Gasteiger partial charge in [0.25, 0.3) is 0 Å². The molecule has 0 aliphatic heterocycles. The minimum atomic E-state index is 0. The van der Waals surface area contributed by atoms with Crippen molar-refractivity contribution in [3.05, 3.63) is 29.8 Å². The average Bonchev–Trinajstić information content (AvgIpc) is 3.37. The van der Waals surface area contributed by atoms with Gasteiger partial charge in [-0.25, -0.2) is 0 Å². The Balaban J connectivity index is 0.00000192. The summed E-state index contributed by atoms with van der Waals surface area (Å²) in [6, 6.07) is 8.66. The molecule has 2 aliphatic rings. The zero-order valence-electron chi connectivity index (χ0n) is 13.7. The standard InChI is InChI=1S/C18H26N2O2.ClH/c1-22-17-9-5-13(6-10-17)12-20(16-7-8-16)18(21)14-3-2-4-15(19)11-14;/h5-6,9-10,14-16H,2-4,7-8,11-12,19H2,1H3;1H. The monoisotopic (exact) mass is 338 g/mol. The Morgan fingerprint density at radius 1 is 1.22 bits per heavy atom. The lowest BCUT2D eigenvalue weighted by Crippen LogP contribution is -2.41. The second-order valence-electron chi connectivity index (χ2n) is 6.67. The van der Waals surface area contributed by atoms with Crippen molar-refractivity contribution in [1.29, 1.82) is 0 Å². The van der Waals surface area contributed by atoms with Crippen molar-refractivity contribution in [2.75, 3.05) is 7.11 Å². The molecule has 2 N–H and O–H groups in total. The molecule has 128 valence electrons. The predicted molar refractivity (Wildman–Crippen MR) is 93.7 cm³/mol. The molecule has 0 heterocycles. The molecule has 1 amide bonds. The molecule has 2 unspecified atom stereocenters. The van der Waals surface area contributed by atoms with Gasteiger partial charge >= 0.3 is 0 Å². The number of carbonyl (C=O) groups excluding carboxylic acids is 1. The van der Waals surface area contributed by atoms with Crippen molar-refractivity contribution < 1.29 is 9.53 Å². The first-order valence-electron chi connectivity index (χ1n) is 8.36. The highest BCUT2D eigenvalue weighted by atomic mass is 35.5. The van der Waals surface area contributed by atoms with E-state index in [1.165, 1.54) is 5.56 Å². The van der Waals surface area contributed by atoms with Crippen LogP contribution in [0.2, 0.25) is 0 Å². The van der Waals surface area contributed by atoms with Crippen LogP contribution in [0, 0.1) is 5.92 Å². The molecular formula is C18H27ClN2O2. The summed E-state index contributed by atoms with van der Waals surface area (Å²) < 4.78 is 5.19. The van der Waals surface area contributed by atoms with Gasteiger partial charge in [-0.05, 0) is 49.8 Å². The number of hydrogen-bond donors (Lipinski definition) is 1. The molecule has 3 rings (SSSR count). The van der Waals surface area contributed by atoms with Crippen molar-refractivity contribution in [3.63, 3.8) is 0 Å². The quantitative estimate of drug-likeness (QED) is 0.897. The third-order valence-electron chi connectivity index (χ3n) is 4.85. The number of ether oxygens (including phenoxy) is 1. The van der Waals surface area contributed by atoms with E-state index in [1.807, 2.05) is 24.3 Å². The van der Waals surface area contributed by atoms with Crippen LogP contribution in [0.5, 0.6) is 5.75 Å². The van der Waals surface area contributed by atoms with E-state index < -0.39 is 0 Å². The molecule has 0 radical (unpaired) electrons. The number of rotatable bonds is 5. The summed E-state index contributed by atoms with van der Waals surface area (Å²) in [6.45, 7) is 0.708. The molecule has 2 atom stereocenters. The fourth-order valence-corrected chi connectivity index (χ4v) is 3.39. The number of amides is 1. The lowest BCUT2D eigenvalue weighted by molar-refractivity contribution is -0.138. The highest BCUT2D eigenvalue weighted by Crippen LogP contribution is 2.33. The smallest absolute Gasteiger partial charge is 0.226 e. The second-order valence-corrected chi connectivity index (χ2v) is 6.67. The Morgan fingerprint density at radius 2 is 1.91 bits per heavy atom. The third kappa shape index (κ3) is 4.61. The lowest BCUT2D eigenvalue weighted by atomic mass is 9.85. The summed E-state index contributed by atoms with van der Waals surface area (Å²) in [7, 11) is 1.67. The van der Waals surface area contributed by atoms with Crippen molar-refractivity contribution in [3.8, 4) is 5.75 Å². The first-order chi connectivity index (χ1) is 10.7. The Bertz CT molecular complexity index is 516.